The second-order valence-electron chi connectivity index (χ2n) is 6.28. The number of aliphatic hydroxyl groups excluding tert-OH is 1. The zero-order chi connectivity index (χ0) is 20.5. The average Bonchev–Trinajstić information content (AvgIpc) is 2.77. The monoisotopic (exact) mass is 392 g/mol. The fraction of sp³-hybridized carbons (Fsp3) is 0.174. The Balaban J connectivity index is 1.64. The van der Waals surface area contributed by atoms with Crippen molar-refractivity contribution in [2.24, 2.45) is 0 Å². The number of benzene rings is 3. The first-order valence-electron chi connectivity index (χ1n) is 9.31. The number of carbonyl (C=O) groups is 1. The van der Waals surface area contributed by atoms with Gasteiger partial charge in [0, 0.05) is 12.1 Å². The van der Waals surface area contributed by atoms with E-state index in [9.17, 15) is 4.79 Å². The topological polar surface area (TPSA) is 79.8 Å². The lowest BCUT2D eigenvalue weighted by Gasteiger charge is -2.14. The fourth-order valence-electron chi connectivity index (χ4n) is 2.91. The van der Waals surface area contributed by atoms with Crippen molar-refractivity contribution >= 4 is 11.7 Å². The normalized spacial score (nSPS) is 10.3. The highest BCUT2D eigenvalue weighted by molar-refractivity contribution is 5.94. The van der Waals surface area contributed by atoms with Gasteiger partial charge in [-0.2, -0.15) is 0 Å². The molecule has 0 aliphatic rings. The number of urea groups is 1. The molecule has 0 saturated heterocycles. The molecule has 0 heterocycles. The van der Waals surface area contributed by atoms with Gasteiger partial charge in [-0.1, -0.05) is 54.6 Å². The molecule has 3 aromatic rings. The first-order valence-corrected chi connectivity index (χ1v) is 9.31. The Morgan fingerprint density at radius 2 is 1.72 bits per heavy atom. The van der Waals surface area contributed by atoms with Crippen molar-refractivity contribution in [1.82, 2.24) is 5.32 Å². The number of nitrogens with one attached hydrogen (secondary N) is 2. The molecule has 0 fully saturated rings. The third-order valence-corrected chi connectivity index (χ3v) is 4.29. The minimum atomic E-state index is -0.298. The van der Waals surface area contributed by atoms with Gasteiger partial charge in [0.25, 0.3) is 0 Å². The van der Waals surface area contributed by atoms with E-state index in [1.54, 1.807) is 19.2 Å². The molecule has 0 radical (unpaired) electrons. The second-order valence-corrected chi connectivity index (χ2v) is 6.28. The molecule has 6 heteroatoms. The molecule has 6 nitrogen and oxygen atoms in total. The predicted molar refractivity (Wildman–Crippen MR) is 113 cm³/mol. The molecule has 0 saturated carbocycles. The highest BCUT2D eigenvalue weighted by Gasteiger charge is 2.09. The molecule has 150 valence electrons. The van der Waals surface area contributed by atoms with E-state index < -0.39 is 0 Å². The van der Waals surface area contributed by atoms with Gasteiger partial charge in [-0.15, -0.1) is 0 Å². The van der Waals surface area contributed by atoms with Gasteiger partial charge in [-0.25, -0.2) is 4.79 Å². The number of aliphatic hydroxyl groups is 1. The molecular formula is C23H24N2O4. The minimum Gasteiger partial charge on any atom is -0.493 e. The van der Waals surface area contributed by atoms with E-state index >= 15 is 0 Å². The third kappa shape index (κ3) is 5.49. The maximum absolute atomic E-state index is 12.4. The maximum atomic E-state index is 12.4. The van der Waals surface area contributed by atoms with Gasteiger partial charge in [0.2, 0.25) is 0 Å². The SMILES string of the molecule is COc1cc(CNC(=O)Nc2ccccc2-c2ccccc2)ccc1OCCO. The summed E-state index contributed by atoms with van der Waals surface area (Å²) < 4.78 is 10.7. The van der Waals surface area contributed by atoms with Crippen LogP contribution >= 0.6 is 0 Å². The Morgan fingerprint density at radius 3 is 2.48 bits per heavy atom. The Hall–Kier alpha value is -3.51. The van der Waals surface area contributed by atoms with E-state index in [-0.39, 0.29) is 19.2 Å². The van der Waals surface area contributed by atoms with Crippen molar-refractivity contribution in [2.45, 2.75) is 6.54 Å². The molecule has 3 N–H and O–H groups in total. The van der Waals surface area contributed by atoms with Crippen molar-refractivity contribution in [3.05, 3.63) is 78.4 Å². The Morgan fingerprint density at radius 1 is 0.966 bits per heavy atom. The predicted octanol–water partition coefficient (Wildman–Crippen LogP) is 4.06. The number of methoxy groups -OCH3 is 1. The van der Waals surface area contributed by atoms with Gasteiger partial charge in [0.15, 0.2) is 11.5 Å². The van der Waals surface area contributed by atoms with Crippen molar-refractivity contribution in [2.75, 3.05) is 25.6 Å². The van der Waals surface area contributed by atoms with Crippen LogP contribution in [0.25, 0.3) is 11.1 Å². The maximum Gasteiger partial charge on any atom is 0.319 e. The van der Waals surface area contributed by atoms with Crippen LogP contribution in [0.5, 0.6) is 11.5 Å². The number of para-hydroxylation sites is 1. The van der Waals surface area contributed by atoms with E-state index in [0.717, 1.165) is 22.4 Å². The second kappa shape index (κ2) is 10.1. The van der Waals surface area contributed by atoms with Crippen LogP contribution in [0, 0.1) is 0 Å². The van der Waals surface area contributed by atoms with Crippen molar-refractivity contribution in [3.8, 4) is 22.6 Å². The summed E-state index contributed by atoms with van der Waals surface area (Å²) in [5.41, 5.74) is 3.59. The van der Waals surface area contributed by atoms with Crippen LogP contribution in [-0.2, 0) is 6.54 Å². The van der Waals surface area contributed by atoms with Gasteiger partial charge >= 0.3 is 6.03 Å². The Bertz CT molecular complexity index is 945. The lowest BCUT2D eigenvalue weighted by molar-refractivity contribution is 0.196. The van der Waals surface area contributed by atoms with Crippen molar-refractivity contribution in [3.63, 3.8) is 0 Å². The van der Waals surface area contributed by atoms with Crippen LogP contribution in [0.15, 0.2) is 72.8 Å². The zero-order valence-electron chi connectivity index (χ0n) is 16.2. The van der Waals surface area contributed by atoms with Gasteiger partial charge in [0.1, 0.15) is 6.61 Å². The first-order chi connectivity index (χ1) is 14.2. The lowest BCUT2D eigenvalue weighted by atomic mass is 10.0. The van der Waals surface area contributed by atoms with Crippen LogP contribution in [-0.4, -0.2) is 31.5 Å². The van der Waals surface area contributed by atoms with Crippen LogP contribution in [0.2, 0.25) is 0 Å². The zero-order valence-corrected chi connectivity index (χ0v) is 16.2. The van der Waals surface area contributed by atoms with Gasteiger partial charge in [-0.3, -0.25) is 0 Å². The summed E-state index contributed by atoms with van der Waals surface area (Å²) in [6.45, 7) is 0.449. The molecule has 0 spiro atoms. The Labute approximate surface area is 170 Å². The van der Waals surface area contributed by atoms with Gasteiger partial charge in [-0.05, 0) is 29.3 Å². The van der Waals surface area contributed by atoms with Crippen LogP contribution in [0.1, 0.15) is 5.56 Å². The number of rotatable bonds is 8. The molecule has 3 aromatic carbocycles. The fourth-order valence-corrected chi connectivity index (χ4v) is 2.91. The molecular weight excluding hydrogens is 368 g/mol. The van der Waals surface area contributed by atoms with E-state index in [0.29, 0.717) is 18.0 Å². The molecule has 0 aromatic heterocycles. The van der Waals surface area contributed by atoms with Crippen molar-refractivity contribution in [1.29, 1.82) is 0 Å². The van der Waals surface area contributed by atoms with Gasteiger partial charge < -0.3 is 25.2 Å². The highest BCUT2D eigenvalue weighted by Crippen LogP contribution is 2.29. The molecule has 3 rings (SSSR count). The van der Waals surface area contributed by atoms with Crippen LogP contribution in [0.3, 0.4) is 0 Å². The first kappa shape index (κ1) is 20.2. The van der Waals surface area contributed by atoms with Gasteiger partial charge in [0.05, 0.1) is 19.4 Å². The molecule has 2 amide bonds. The molecule has 29 heavy (non-hydrogen) atoms. The van der Waals surface area contributed by atoms with Crippen LogP contribution in [0.4, 0.5) is 10.5 Å². The standard InChI is InChI=1S/C23H24N2O4/c1-28-22-15-17(11-12-21(22)29-14-13-26)16-24-23(27)25-20-10-6-5-9-19(20)18-7-3-2-4-8-18/h2-12,15,26H,13-14,16H2,1H3,(H2,24,25,27). The highest BCUT2D eigenvalue weighted by atomic mass is 16.5. The largest absolute Gasteiger partial charge is 0.493 e. The van der Waals surface area contributed by atoms with E-state index in [1.165, 1.54) is 0 Å². The molecule has 0 aliphatic carbocycles. The molecule has 0 aliphatic heterocycles. The van der Waals surface area contributed by atoms with Crippen LogP contribution < -0.4 is 20.1 Å². The minimum absolute atomic E-state index is 0.0723. The summed E-state index contributed by atoms with van der Waals surface area (Å²) in [6, 6.07) is 22.7. The summed E-state index contributed by atoms with van der Waals surface area (Å²) in [5, 5.41) is 14.7. The van der Waals surface area contributed by atoms with E-state index in [4.69, 9.17) is 14.6 Å². The van der Waals surface area contributed by atoms with Crippen molar-refractivity contribution < 1.29 is 19.4 Å². The summed E-state index contributed by atoms with van der Waals surface area (Å²) >= 11 is 0. The quantitative estimate of drug-likeness (QED) is 0.540. The number of ether oxygens (including phenoxy) is 2. The summed E-state index contributed by atoms with van der Waals surface area (Å²) in [7, 11) is 1.55. The number of amides is 2. The Kier molecular flexibility index (Phi) is 7.08. The van der Waals surface area contributed by atoms with E-state index in [1.807, 2.05) is 60.7 Å². The van der Waals surface area contributed by atoms with E-state index in [2.05, 4.69) is 10.6 Å². The third-order valence-electron chi connectivity index (χ3n) is 4.29. The summed E-state index contributed by atoms with van der Waals surface area (Å²) in [5.74, 6) is 1.10. The number of hydrogen-bond acceptors (Lipinski definition) is 4. The summed E-state index contributed by atoms with van der Waals surface area (Å²) in [4.78, 5) is 12.4. The average molecular weight is 392 g/mol. The smallest absolute Gasteiger partial charge is 0.319 e. The number of hydrogen-bond donors (Lipinski definition) is 3. The summed E-state index contributed by atoms with van der Waals surface area (Å²) in [6.07, 6.45) is 0. The lowest BCUT2D eigenvalue weighted by Crippen LogP contribution is -2.28. The molecule has 0 bridgehead atoms. The molecule has 0 unspecified atom stereocenters. The number of carbonyl (C=O) groups excluding carboxylic acids is 1. The number of anilines is 1. The molecule has 0 atom stereocenters.